The van der Waals surface area contributed by atoms with Crippen LogP contribution in [0.2, 0.25) is 0 Å². The molecule has 2 aromatic heterocycles. The lowest BCUT2D eigenvalue weighted by Crippen LogP contribution is -2.13. The number of rotatable bonds is 5. The van der Waals surface area contributed by atoms with Gasteiger partial charge in [0, 0.05) is 21.3 Å². The summed E-state index contributed by atoms with van der Waals surface area (Å²) in [5.74, 6) is 0.410. The highest BCUT2D eigenvalue weighted by atomic mass is 32.2. The van der Waals surface area contributed by atoms with Crippen LogP contribution in [0.25, 0.3) is 10.1 Å². The van der Waals surface area contributed by atoms with Gasteiger partial charge in [-0.25, -0.2) is 14.2 Å². The van der Waals surface area contributed by atoms with E-state index >= 15 is 0 Å². The first kappa shape index (κ1) is 18.8. The van der Waals surface area contributed by atoms with Crippen molar-refractivity contribution >= 4 is 39.2 Å². The first-order valence-corrected chi connectivity index (χ1v) is 10.0. The van der Waals surface area contributed by atoms with Crippen LogP contribution in [-0.4, -0.2) is 27.8 Å². The van der Waals surface area contributed by atoms with Crippen LogP contribution in [0.3, 0.4) is 0 Å². The van der Waals surface area contributed by atoms with Crippen molar-refractivity contribution in [1.82, 2.24) is 15.2 Å². The van der Waals surface area contributed by atoms with E-state index < -0.39 is 5.97 Å². The molecule has 0 amide bonds. The Bertz CT molecular complexity index is 944. The summed E-state index contributed by atoms with van der Waals surface area (Å²) in [6.07, 6.45) is 0. The van der Waals surface area contributed by atoms with Crippen molar-refractivity contribution in [3.05, 3.63) is 40.3 Å². The lowest BCUT2D eigenvalue weighted by atomic mass is 9.96. The summed E-state index contributed by atoms with van der Waals surface area (Å²) < 4.78 is 20.3. The Labute approximate surface area is 159 Å². The van der Waals surface area contributed by atoms with Crippen molar-refractivity contribution in [2.75, 3.05) is 6.61 Å². The number of benzene rings is 1. The number of hydrogen-bond donors (Lipinski definition) is 1. The van der Waals surface area contributed by atoms with Crippen molar-refractivity contribution in [3.8, 4) is 0 Å². The Morgan fingerprint density at radius 2 is 2.15 bits per heavy atom. The number of ether oxygens (including phenoxy) is 1. The van der Waals surface area contributed by atoms with Gasteiger partial charge < -0.3 is 4.74 Å². The number of hydrogen-bond acceptors (Lipinski definition) is 6. The van der Waals surface area contributed by atoms with E-state index in [4.69, 9.17) is 4.74 Å². The van der Waals surface area contributed by atoms with E-state index in [0.717, 1.165) is 10.5 Å². The summed E-state index contributed by atoms with van der Waals surface area (Å²) in [5.41, 5.74) is 0.497. The first-order valence-electron chi connectivity index (χ1n) is 8.24. The third kappa shape index (κ3) is 3.76. The Balaban J connectivity index is 1.94. The SMILES string of the molecule is CCOC(=O)c1sc2cccc(F)c2c1CSc1n[nH]c(C(C)(C)C)n1. The van der Waals surface area contributed by atoms with E-state index in [-0.39, 0.29) is 17.8 Å². The van der Waals surface area contributed by atoms with Gasteiger partial charge in [-0.1, -0.05) is 38.6 Å². The van der Waals surface area contributed by atoms with Gasteiger partial charge in [0.1, 0.15) is 16.5 Å². The molecule has 5 nitrogen and oxygen atoms in total. The summed E-state index contributed by atoms with van der Waals surface area (Å²) in [4.78, 5) is 17.2. The molecule has 0 atom stereocenters. The van der Waals surface area contributed by atoms with Crippen LogP contribution < -0.4 is 0 Å². The predicted octanol–water partition coefficient (Wildman–Crippen LogP) is 4.93. The molecule has 0 spiro atoms. The Kier molecular flexibility index (Phi) is 5.34. The number of aromatic amines is 1. The molecule has 1 aromatic carbocycles. The van der Waals surface area contributed by atoms with Crippen molar-refractivity contribution in [3.63, 3.8) is 0 Å². The number of carbonyl (C=O) groups is 1. The lowest BCUT2D eigenvalue weighted by molar-refractivity contribution is 0.0531. The fourth-order valence-corrected chi connectivity index (χ4v) is 4.50. The molecule has 26 heavy (non-hydrogen) atoms. The molecular weight excluding hydrogens is 373 g/mol. The van der Waals surface area contributed by atoms with E-state index in [2.05, 4.69) is 15.2 Å². The fourth-order valence-electron chi connectivity index (χ4n) is 2.45. The van der Waals surface area contributed by atoms with Gasteiger partial charge in [-0.05, 0) is 24.6 Å². The highest BCUT2D eigenvalue weighted by Gasteiger charge is 2.23. The molecule has 2 heterocycles. The van der Waals surface area contributed by atoms with E-state index in [1.807, 2.05) is 26.8 Å². The number of fused-ring (bicyclic) bond motifs is 1. The van der Waals surface area contributed by atoms with Gasteiger partial charge in [-0.15, -0.1) is 16.4 Å². The third-order valence-electron chi connectivity index (χ3n) is 3.75. The van der Waals surface area contributed by atoms with Crippen LogP contribution in [0, 0.1) is 5.82 Å². The van der Waals surface area contributed by atoms with Gasteiger partial charge in [0.15, 0.2) is 0 Å². The number of esters is 1. The van der Waals surface area contributed by atoms with Crippen LogP contribution in [-0.2, 0) is 15.9 Å². The van der Waals surface area contributed by atoms with Gasteiger partial charge in [-0.3, -0.25) is 5.10 Å². The van der Waals surface area contributed by atoms with Gasteiger partial charge in [-0.2, -0.15) is 0 Å². The molecule has 0 saturated heterocycles. The minimum absolute atomic E-state index is 0.136. The summed E-state index contributed by atoms with van der Waals surface area (Å²) >= 11 is 2.62. The van der Waals surface area contributed by atoms with Crippen LogP contribution >= 0.6 is 23.1 Å². The second-order valence-corrected chi connectivity index (χ2v) is 8.74. The van der Waals surface area contributed by atoms with Crippen LogP contribution in [0.5, 0.6) is 0 Å². The zero-order chi connectivity index (χ0) is 18.9. The molecule has 3 rings (SSSR count). The van der Waals surface area contributed by atoms with Gasteiger partial charge in [0.25, 0.3) is 0 Å². The number of nitrogens with one attached hydrogen (secondary N) is 1. The van der Waals surface area contributed by atoms with Crippen molar-refractivity contribution in [2.45, 2.75) is 44.0 Å². The van der Waals surface area contributed by atoms with Crippen molar-refractivity contribution in [1.29, 1.82) is 0 Å². The highest BCUT2D eigenvalue weighted by molar-refractivity contribution is 7.98. The second kappa shape index (κ2) is 7.36. The molecule has 0 aliphatic rings. The number of carbonyl (C=O) groups excluding carboxylic acids is 1. The average molecular weight is 394 g/mol. The maximum absolute atomic E-state index is 14.4. The molecule has 0 saturated carbocycles. The minimum atomic E-state index is -0.422. The lowest BCUT2D eigenvalue weighted by Gasteiger charge is -2.12. The highest BCUT2D eigenvalue weighted by Crippen LogP contribution is 2.37. The van der Waals surface area contributed by atoms with E-state index in [9.17, 15) is 9.18 Å². The zero-order valence-corrected chi connectivity index (χ0v) is 16.7. The van der Waals surface area contributed by atoms with E-state index in [1.54, 1.807) is 13.0 Å². The van der Waals surface area contributed by atoms with Crippen molar-refractivity contribution < 1.29 is 13.9 Å². The van der Waals surface area contributed by atoms with E-state index in [0.29, 0.717) is 26.7 Å². The number of halogens is 1. The smallest absolute Gasteiger partial charge is 0.348 e. The van der Waals surface area contributed by atoms with Crippen LogP contribution in [0.4, 0.5) is 4.39 Å². The molecule has 138 valence electrons. The second-order valence-electron chi connectivity index (χ2n) is 6.75. The summed E-state index contributed by atoms with van der Waals surface area (Å²) in [5, 5.41) is 8.19. The molecule has 3 aromatic rings. The number of thiophene rings is 1. The molecule has 8 heteroatoms. The number of H-pyrrole nitrogens is 1. The standard InChI is InChI=1S/C18H20FN3O2S2/c1-5-24-15(23)14-10(13-11(19)7-6-8-12(13)26-14)9-25-17-20-16(21-22-17)18(2,3)4/h6-8H,5,9H2,1-4H3,(H,20,21,22). The molecule has 0 aliphatic carbocycles. The molecule has 0 bridgehead atoms. The Morgan fingerprint density at radius 3 is 2.81 bits per heavy atom. The van der Waals surface area contributed by atoms with Gasteiger partial charge >= 0.3 is 5.97 Å². The summed E-state index contributed by atoms with van der Waals surface area (Å²) in [7, 11) is 0. The number of thioether (sulfide) groups is 1. The predicted molar refractivity (Wildman–Crippen MR) is 102 cm³/mol. The third-order valence-corrected chi connectivity index (χ3v) is 5.80. The zero-order valence-electron chi connectivity index (χ0n) is 15.1. The minimum Gasteiger partial charge on any atom is -0.462 e. The van der Waals surface area contributed by atoms with E-state index in [1.165, 1.54) is 29.2 Å². The number of aromatic nitrogens is 3. The van der Waals surface area contributed by atoms with Crippen LogP contribution in [0.15, 0.2) is 23.4 Å². The molecule has 0 fully saturated rings. The molecule has 0 radical (unpaired) electrons. The number of nitrogens with zero attached hydrogens (tertiary/aromatic N) is 2. The average Bonchev–Trinajstić information content (AvgIpc) is 3.18. The molecular formula is C18H20FN3O2S2. The van der Waals surface area contributed by atoms with Crippen molar-refractivity contribution in [2.24, 2.45) is 0 Å². The molecule has 0 aliphatic heterocycles. The van der Waals surface area contributed by atoms with Gasteiger partial charge in [0.05, 0.1) is 6.61 Å². The summed E-state index contributed by atoms with van der Waals surface area (Å²) in [6.45, 7) is 8.16. The normalized spacial score (nSPS) is 11.9. The maximum atomic E-state index is 14.4. The fraction of sp³-hybridized carbons (Fsp3) is 0.389. The molecule has 0 unspecified atom stereocenters. The largest absolute Gasteiger partial charge is 0.462 e. The monoisotopic (exact) mass is 393 g/mol. The van der Waals surface area contributed by atoms with Crippen LogP contribution in [0.1, 0.15) is 48.8 Å². The maximum Gasteiger partial charge on any atom is 0.348 e. The molecule has 1 N–H and O–H groups in total. The quantitative estimate of drug-likeness (QED) is 0.492. The Morgan fingerprint density at radius 1 is 1.38 bits per heavy atom. The first-order chi connectivity index (χ1) is 12.3. The topological polar surface area (TPSA) is 67.9 Å². The van der Waals surface area contributed by atoms with Gasteiger partial charge in [0.2, 0.25) is 5.16 Å². The Hall–Kier alpha value is -1.93. The summed E-state index contributed by atoms with van der Waals surface area (Å²) in [6, 6.07) is 4.86.